The summed E-state index contributed by atoms with van der Waals surface area (Å²) in [6, 6.07) is 17.1. The lowest BCUT2D eigenvalue weighted by Gasteiger charge is -2.24. The minimum atomic E-state index is -0.232. The van der Waals surface area contributed by atoms with Crippen LogP contribution in [-0.2, 0) is 16.1 Å². The molecule has 2 amide bonds. The van der Waals surface area contributed by atoms with Gasteiger partial charge in [0, 0.05) is 24.8 Å². The molecular formula is C21H27N3O3. The van der Waals surface area contributed by atoms with E-state index in [0.717, 1.165) is 5.56 Å². The molecular weight excluding hydrogens is 342 g/mol. The quantitative estimate of drug-likeness (QED) is 0.738. The predicted molar refractivity (Wildman–Crippen MR) is 107 cm³/mol. The number of hydrogen-bond acceptors (Lipinski definition) is 4. The molecule has 6 nitrogen and oxygen atoms in total. The molecule has 0 aliphatic heterocycles. The summed E-state index contributed by atoms with van der Waals surface area (Å²) in [4.78, 5) is 28.3. The first-order valence-corrected chi connectivity index (χ1v) is 8.96. The fraction of sp³-hybridized carbons (Fsp3) is 0.333. The molecule has 0 bridgehead atoms. The zero-order valence-electron chi connectivity index (χ0n) is 16.1. The molecule has 0 aliphatic carbocycles. The van der Waals surface area contributed by atoms with Crippen LogP contribution in [0.1, 0.15) is 12.5 Å². The molecule has 6 heteroatoms. The number of anilines is 1. The predicted octanol–water partition coefficient (Wildman–Crippen LogP) is 2.61. The van der Waals surface area contributed by atoms with E-state index >= 15 is 0 Å². The van der Waals surface area contributed by atoms with Crippen molar-refractivity contribution in [1.82, 2.24) is 9.80 Å². The van der Waals surface area contributed by atoms with Crippen LogP contribution >= 0.6 is 0 Å². The van der Waals surface area contributed by atoms with Gasteiger partial charge in [-0.3, -0.25) is 14.5 Å². The summed E-state index contributed by atoms with van der Waals surface area (Å²) in [5, 5.41) is 2.80. The number of likely N-dealkylation sites (N-methyl/N-ethyl adjacent to an activating group) is 2. The number of rotatable bonds is 9. The molecule has 0 unspecified atom stereocenters. The largest absolute Gasteiger partial charge is 0.497 e. The molecule has 1 N–H and O–H groups in total. The van der Waals surface area contributed by atoms with E-state index in [4.69, 9.17) is 4.74 Å². The highest BCUT2D eigenvalue weighted by atomic mass is 16.5. The van der Waals surface area contributed by atoms with Crippen molar-refractivity contribution in [2.45, 2.75) is 13.5 Å². The Bertz CT molecular complexity index is 749. The second-order valence-corrected chi connectivity index (χ2v) is 6.35. The Labute approximate surface area is 160 Å². The average molecular weight is 369 g/mol. The van der Waals surface area contributed by atoms with Crippen molar-refractivity contribution >= 4 is 17.5 Å². The maximum absolute atomic E-state index is 12.5. The van der Waals surface area contributed by atoms with Gasteiger partial charge in [-0.2, -0.15) is 0 Å². The third kappa shape index (κ3) is 6.75. The Morgan fingerprint density at radius 2 is 1.78 bits per heavy atom. The highest BCUT2D eigenvalue weighted by Crippen LogP contribution is 2.16. The van der Waals surface area contributed by atoms with Crippen LogP contribution in [0, 0.1) is 0 Å². The van der Waals surface area contributed by atoms with Gasteiger partial charge in [-0.25, -0.2) is 0 Å². The maximum atomic E-state index is 12.5. The Balaban J connectivity index is 1.87. The van der Waals surface area contributed by atoms with Gasteiger partial charge in [0.2, 0.25) is 11.8 Å². The molecule has 144 valence electrons. The van der Waals surface area contributed by atoms with Crippen molar-refractivity contribution < 1.29 is 14.3 Å². The molecule has 0 saturated heterocycles. The number of carbonyl (C=O) groups excluding carboxylic acids is 2. The summed E-state index contributed by atoms with van der Waals surface area (Å²) in [5.74, 6) is 0.361. The summed E-state index contributed by atoms with van der Waals surface area (Å²) in [6.45, 7) is 3.30. The molecule has 0 aromatic heterocycles. The topological polar surface area (TPSA) is 61.9 Å². The number of ether oxygens (including phenoxy) is 1. The second kappa shape index (κ2) is 10.3. The summed E-state index contributed by atoms with van der Waals surface area (Å²) in [7, 11) is 3.47. The molecule has 27 heavy (non-hydrogen) atoms. The van der Waals surface area contributed by atoms with Crippen LogP contribution < -0.4 is 10.1 Å². The maximum Gasteiger partial charge on any atom is 0.243 e. The fourth-order valence-electron chi connectivity index (χ4n) is 2.73. The lowest BCUT2D eigenvalue weighted by Crippen LogP contribution is -2.42. The first kappa shape index (κ1) is 20.5. The summed E-state index contributed by atoms with van der Waals surface area (Å²) in [5.41, 5.74) is 1.79. The average Bonchev–Trinajstić information content (AvgIpc) is 2.66. The molecule has 0 fully saturated rings. The van der Waals surface area contributed by atoms with Crippen molar-refractivity contribution in [3.05, 3.63) is 60.2 Å². The van der Waals surface area contributed by atoms with Gasteiger partial charge in [0.1, 0.15) is 5.75 Å². The number of hydrogen-bond donors (Lipinski definition) is 1. The van der Waals surface area contributed by atoms with Gasteiger partial charge in [0.25, 0.3) is 0 Å². The molecule has 2 aromatic carbocycles. The minimum absolute atomic E-state index is 0.0196. The number of carbonyl (C=O) groups is 2. The van der Waals surface area contributed by atoms with Gasteiger partial charge in [0.15, 0.2) is 0 Å². The van der Waals surface area contributed by atoms with Crippen molar-refractivity contribution in [3.63, 3.8) is 0 Å². The highest BCUT2D eigenvalue weighted by molar-refractivity contribution is 5.94. The van der Waals surface area contributed by atoms with Gasteiger partial charge >= 0.3 is 0 Å². The van der Waals surface area contributed by atoms with Crippen molar-refractivity contribution in [1.29, 1.82) is 0 Å². The van der Waals surface area contributed by atoms with E-state index in [-0.39, 0.29) is 24.9 Å². The van der Waals surface area contributed by atoms with Gasteiger partial charge in [-0.15, -0.1) is 0 Å². The fourth-order valence-corrected chi connectivity index (χ4v) is 2.73. The third-order valence-electron chi connectivity index (χ3n) is 4.12. The van der Waals surface area contributed by atoms with Gasteiger partial charge in [0.05, 0.1) is 20.2 Å². The van der Waals surface area contributed by atoms with Gasteiger partial charge in [-0.05, 0) is 31.7 Å². The first-order valence-electron chi connectivity index (χ1n) is 8.96. The van der Waals surface area contributed by atoms with Crippen LogP contribution in [0.3, 0.4) is 0 Å². The lowest BCUT2D eigenvalue weighted by molar-refractivity contribution is -0.135. The molecule has 0 radical (unpaired) electrons. The number of nitrogens with zero attached hydrogens (tertiary/aromatic N) is 2. The van der Waals surface area contributed by atoms with Gasteiger partial charge < -0.3 is 15.0 Å². The van der Waals surface area contributed by atoms with E-state index in [0.29, 0.717) is 24.5 Å². The lowest BCUT2D eigenvalue weighted by atomic mass is 10.2. The van der Waals surface area contributed by atoms with Crippen LogP contribution in [0.4, 0.5) is 5.69 Å². The monoisotopic (exact) mass is 369 g/mol. The van der Waals surface area contributed by atoms with E-state index in [2.05, 4.69) is 5.32 Å². The highest BCUT2D eigenvalue weighted by Gasteiger charge is 2.17. The number of amides is 2. The number of benzene rings is 2. The normalized spacial score (nSPS) is 10.5. The number of methoxy groups -OCH3 is 1. The SMILES string of the molecule is CCN(CC(=O)Nc1cccc(OC)c1)C(=O)CN(C)Cc1ccccc1. The van der Waals surface area contributed by atoms with Crippen LogP contribution in [-0.4, -0.2) is 55.4 Å². The van der Waals surface area contributed by atoms with E-state index < -0.39 is 0 Å². The first-order chi connectivity index (χ1) is 13.0. The van der Waals surface area contributed by atoms with E-state index in [1.54, 1.807) is 36.3 Å². The zero-order chi connectivity index (χ0) is 19.6. The van der Waals surface area contributed by atoms with E-state index in [9.17, 15) is 9.59 Å². The molecule has 2 rings (SSSR count). The molecule has 0 saturated carbocycles. The Hall–Kier alpha value is -2.86. The van der Waals surface area contributed by atoms with Crippen molar-refractivity contribution in [2.24, 2.45) is 0 Å². The van der Waals surface area contributed by atoms with Crippen molar-refractivity contribution in [2.75, 3.05) is 39.1 Å². The molecule has 2 aromatic rings. The third-order valence-corrected chi connectivity index (χ3v) is 4.12. The second-order valence-electron chi connectivity index (χ2n) is 6.35. The van der Waals surface area contributed by atoms with Crippen molar-refractivity contribution in [3.8, 4) is 5.75 Å². The van der Waals surface area contributed by atoms with Gasteiger partial charge in [-0.1, -0.05) is 36.4 Å². The van der Waals surface area contributed by atoms with Crippen LogP contribution in [0.25, 0.3) is 0 Å². The standard InChI is InChI=1S/C21H27N3O3/c1-4-24(15-20(25)22-18-11-8-12-19(13-18)27-3)21(26)16-23(2)14-17-9-6-5-7-10-17/h5-13H,4,14-16H2,1-3H3,(H,22,25). The zero-order valence-corrected chi connectivity index (χ0v) is 16.1. The molecule has 0 atom stereocenters. The summed E-state index contributed by atoms with van der Waals surface area (Å²) in [6.07, 6.45) is 0. The smallest absolute Gasteiger partial charge is 0.243 e. The summed E-state index contributed by atoms with van der Waals surface area (Å²) >= 11 is 0. The molecule has 0 aliphatic rings. The van der Waals surface area contributed by atoms with E-state index in [1.165, 1.54) is 0 Å². The van der Waals surface area contributed by atoms with Crippen LogP contribution in [0.2, 0.25) is 0 Å². The minimum Gasteiger partial charge on any atom is -0.497 e. The summed E-state index contributed by atoms with van der Waals surface area (Å²) < 4.78 is 5.15. The molecule has 0 spiro atoms. The molecule has 0 heterocycles. The Morgan fingerprint density at radius 1 is 1.04 bits per heavy atom. The Morgan fingerprint density at radius 3 is 2.44 bits per heavy atom. The Kier molecular flexibility index (Phi) is 7.82. The van der Waals surface area contributed by atoms with Crippen LogP contribution in [0.5, 0.6) is 5.75 Å². The van der Waals surface area contributed by atoms with E-state index in [1.807, 2.05) is 49.2 Å². The number of nitrogens with one attached hydrogen (secondary N) is 1. The van der Waals surface area contributed by atoms with Crippen LogP contribution in [0.15, 0.2) is 54.6 Å².